The Kier molecular flexibility index (Phi) is 2.73. The first-order chi connectivity index (χ1) is 7.52. The fourth-order valence-electron chi connectivity index (χ4n) is 1.57. The summed E-state index contributed by atoms with van der Waals surface area (Å²) in [7, 11) is 0.234. The molecule has 3 heterocycles. The quantitative estimate of drug-likeness (QED) is 0.582. The van der Waals surface area contributed by atoms with E-state index in [1.807, 2.05) is 0 Å². The van der Waals surface area contributed by atoms with E-state index in [1.54, 1.807) is 7.05 Å². The van der Waals surface area contributed by atoms with Crippen molar-refractivity contribution in [2.45, 2.75) is 4.90 Å². The van der Waals surface area contributed by atoms with Crippen molar-refractivity contribution in [2.75, 3.05) is 7.05 Å². The third-order valence-electron chi connectivity index (χ3n) is 2.32. The Morgan fingerprint density at radius 2 is 2.06 bits per heavy atom. The Balaban J connectivity index is 2.47. The Morgan fingerprint density at radius 1 is 1.38 bits per heavy atom. The van der Waals surface area contributed by atoms with E-state index in [2.05, 4.69) is 31.9 Å². The van der Waals surface area contributed by atoms with Crippen LogP contribution in [-0.4, -0.2) is 36.0 Å². The number of halogens is 2. The molecule has 1 amide bonds. The van der Waals surface area contributed by atoms with Gasteiger partial charge < -0.3 is 0 Å². The Hall–Kier alpha value is 0.539. The van der Waals surface area contributed by atoms with Gasteiger partial charge in [0.15, 0.2) is 0 Å². The van der Waals surface area contributed by atoms with E-state index in [4.69, 9.17) is 0 Å². The molecule has 0 spiro atoms. The van der Waals surface area contributed by atoms with Crippen molar-refractivity contribution < 1.29 is 9.00 Å². The molecule has 2 aromatic rings. The summed E-state index contributed by atoms with van der Waals surface area (Å²) in [5.41, 5.74) is 0. The van der Waals surface area contributed by atoms with Crippen molar-refractivity contribution in [3.8, 4) is 0 Å². The standard InChI is InChI=1S/C8H3Br2NO2S2Se/c1-11-8(12)4-5(15(11)13)2-3(14-4)7(10)16-6(2)9/h1H3. The molecular weight excluding hydrogens is 445 g/mol. The van der Waals surface area contributed by atoms with Crippen molar-refractivity contribution in [3.63, 3.8) is 0 Å². The first-order valence-corrected chi connectivity index (χ1v) is 9.35. The fourth-order valence-corrected chi connectivity index (χ4v) is 10.2. The molecule has 3 rings (SSSR count). The number of fused-ring (bicyclic) bond motifs is 3. The predicted octanol–water partition coefficient (Wildman–Crippen LogP) is 2.59. The second-order valence-corrected chi connectivity index (χ2v) is 11.7. The number of nitrogens with zero attached hydrogens (tertiary/aromatic N) is 1. The molecule has 0 saturated carbocycles. The van der Waals surface area contributed by atoms with Crippen molar-refractivity contribution in [1.29, 1.82) is 0 Å². The maximum atomic E-state index is 12.1. The molecule has 84 valence electrons. The zero-order chi connectivity index (χ0) is 11.6. The van der Waals surface area contributed by atoms with E-state index in [-0.39, 0.29) is 20.4 Å². The summed E-state index contributed by atoms with van der Waals surface area (Å²) < 4.78 is 16.6. The Bertz CT molecular complexity index is 663. The average Bonchev–Trinajstić information content (AvgIpc) is 2.80. The molecule has 8 heteroatoms. The molecule has 1 aliphatic heterocycles. The molecule has 2 aromatic heterocycles. The zero-order valence-electron chi connectivity index (χ0n) is 7.74. The summed E-state index contributed by atoms with van der Waals surface area (Å²) in [6.07, 6.45) is 0. The SMILES string of the molecule is CN1C(=O)c2sc3c(Br)[se]c(Br)c3c2S1=O. The molecule has 0 fully saturated rings. The normalized spacial score (nSPS) is 19.8. The van der Waals surface area contributed by atoms with Crippen LogP contribution in [0.25, 0.3) is 10.1 Å². The fraction of sp³-hybridized carbons (Fsp3) is 0.125. The van der Waals surface area contributed by atoms with Gasteiger partial charge in [0.05, 0.1) is 0 Å². The molecule has 0 aliphatic carbocycles. The summed E-state index contributed by atoms with van der Waals surface area (Å²) >= 11 is 8.67. The van der Waals surface area contributed by atoms with Crippen molar-refractivity contribution >= 4 is 84.7 Å². The number of amides is 1. The molecule has 0 N–H and O–H groups in total. The minimum absolute atomic E-state index is 0.138. The van der Waals surface area contributed by atoms with Gasteiger partial charge >= 0.3 is 122 Å². The Labute approximate surface area is 120 Å². The monoisotopic (exact) mass is 447 g/mol. The van der Waals surface area contributed by atoms with E-state index in [0.29, 0.717) is 9.77 Å². The van der Waals surface area contributed by atoms with Crippen LogP contribution in [0.15, 0.2) is 11.6 Å². The van der Waals surface area contributed by atoms with Crippen LogP contribution in [-0.2, 0) is 11.0 Å². The van der Waals surface area contributed by atoms with Crippen molar-refractivity contribution in [3.05, 3.63) is 11.6 Å². The van der Waals surface area contributed by atoms with E-state index >= 15 is 0 Å². The van der Waals surface area contributed by atoms with Crippen LogP contribution < -0.4 is 0 Å². The number of thiophene rings is 1. The third-order valence-corrected chi connectivity index (χ3v) is 9.71. The predicted molar refractivity (Wildman–Crippen MR) is 72.7 cm³/mol. The van der Waals surface area contributed by atoms with Gasteiger partial charge in [0.2, 0.25) is 0 Å². The van der Waals surface area contributed by atoms with Crippen LogP contribution in [0.1, 0.15) is 9.67 Å². The van der Waals surface area contributed by atoms with Gasteiger partial charge in [0.1, 0.15) is 0 Å². The molecule has 0 radical (unpaired) electrons. The van der Waals surface area contributed by atoms with Crippen LogP contribution in [0.3, 0.4) is 0 Å². The van der Waals surface area contributed by atoms with E-state index in [0.717, 1.165) is 16.8 Å². The first kappa shape index (κ1) is 11.6. The molecular formula is C8H3Br2NO2S2Se. The number of hydrogen-bond donors (Lipinski definition) is 0. The molecule has 1 aliphatic rings. The van der Waals surface area contributed by atoms with Gasteiger partial charge in [-0.05, 0) is 0 Å². The van der Waals surface area contributed by atoms with Crippen molar-refractivity contribution in [2.24, 2.45) is 0 Å². The zero-order valence-corrected chi connectivity index (χ0v) is 14.3. The van der Waals surface area contributed by atoms with E-state index < -0.39 is 11.0 Å². The van der Waals surface area contributed by atoms with Gasteiger partial charge in [0.25, 0.3) is 0 Å². The summed E-state index contributed by atoms with van der Waals surface area (Å²) in [6.45, 7) is 0. The second kappa shape index (κ2) is 3.76. The van der Waals surface area contributed by atoms with Gasteiger partial charge in [-0.25, -0.2) is 0 Å². The maximum absolute atomic E-state index is 12.1. The molecule has 0 aromatic carbocycles. The second-order valence-electron chi connectivity index (χ2n) is 3.17. The molecule has 1 atom stereocenters. The summed E-state index contributed by atoms with van der Waals surface area (Å²) in [4.78, 5) is 13.1. The van der Waals surface area contributed by atoms with Crippen LogP contribution in [0.4, 0.5) is 0 Å². The first-order valence-electron chi connectivity index (χ1n) is 4.12. The van der Waals surface area contributed by atoms with Crippen molar-refractivity contribution in [1.82, 2.24) is 4.31 Å². The molecule has 1 unspecified atom stereocenters. The average molecular weight is 448 g/mol. The molecule has 0 bridgehead atoms. The van der Waals surface area contributed by atoms with Gasteiger partial charge in [-0.3, -0.25) is 0 Å². The van der Waals surface area contributed by atoms with Crippen LogP contribution >= 0.6 is 43.2 Å². The van der Waals surface area contributed by atoms with Gasteiger partial charge in [-0.1, -0.05) is 0 Å². The topological polar surface area (TPSA) is 37.4 Å². The number of hydrogen-bond acceptors (Lipinski definition) is 3. The number of rotatable bonds is 0. The van der Waals surface area contributed by atoms with Crippen LogP contribution in [0, 0.1) is 0 Å². The van der Waals surface area contributed by atoms with E-state index in [1.165, 1.54) is 15.6 Å². The van der Waals surface area contributed by atoms with Gasteiger partial charge in [-0.2, -0.15) is 0 Å². The number of carbonyl (C=O) groups excluding carboxylic acids is 1. The third kappa shape index (κ3) is 1.34. The summed E-state index contributed by atoms with van der Waals surface area (Å²) in [5, 5.41) is 0.975. The number of carbonyl (C=O) groups is 1. The molecule has 0 saturated heterocycles. The summed E-state index contributed by atoms with van der Waals surface area (Å²) in [5.74, 6) is -0.138. The minimum atomic E-state index is -1.34. The molecule has 16 heavy (non-hydrogen) atoms. The van der Waals surface area contributed by atoms with Gasteiger partial charge in [-0.15, -0.1) is 0 Å². The summed E-state index contributed by atoms with van der Waals surface area (Å²) in [6, 6.07) is 0. The van der Waals surface area contributed by atoms with Gasteiger partial charge in [0, 0.05) is 0 Å². The Morgan fingerprint density at radius 3 is 2.75 bits per heavy atom. The van der Waals surface area contributed by atoms with Crippen LogP contribution in [0.5, 0.6) is 0 Å². The molecule has 3 nitrogen and oxygen atoms in total. The van der Waals surface area contributed by atoms with E-state index in [9.17, 15) is 9.00 Å². The van der Waals surface area contributed by atoms with Crippen LogP contribution in [0.2, 0.25) is 0 Å².